The number of benzene rings is 1. The maximum Gasteiger partial charge on any atom is 0.260 e. The van der Waals surface area contributed by atoms with Crippen molar-refractivity contribution >= 4 is 11.6 Å². The minimum atomic E-state index is -0.239. The summed E-state index contributed by atoms with van der Waals surface area (Å²) in [5.41, 5.74) is 2.13. The van der Waals surface area contributed by atoms with Crippen LogP contribution in [0.1, 0.15) is 31.9 Å². The number of fused-ring (bicyclic) bond motifs is 4. The molecule has 2 aliphatic heterocycles. The van der Waals surface area contributed by atoms with E-state index in [2.05, 4.69) is 45.8 Å². The molecule has 0 radical (unpaired) electrons. The number of aromatic nitrogens is 2. The van der Waals surface area contributed by atoms with E-state index in [-0.39, 0.29) is 18.1 Å². The van der Waals surface area contributed by atoms with Gasteiger partial charge in [-0.15, -0.1) is 0 Å². The maximum absolute atomic E-state index is 13.0. The van der Waals surface area contributed by atoms with Crippen molar-refractivity contribution in [1.82, 2.24) is 14.5 Å². The Morgan fingerprint density at radius 2 is 2.00 bits per heavy atom. The van der Waals surface area contributed by atoms with Gasteiger partial charge in [0.15, 0.2) is 12.4 Å². The van der Waals surface area contributed by atoms with Gasteiger partial charge in [-0.3, -0.25) is 4.79 Å². The van der Waals surface area contributed by atoms with E-state index >= 15 is 0 Å². The molecule has 4 heterocycles. The molecule has 2 aliphatic rings. The topological polar surface area (TPSA) is 50.6 Å². The van der Waals surface area contributed by atoms with Crippen molar-refractivity contribution < 1.29 is 9.53 Å². The minimum absolute atomic E-state index is 0.0336. The zero-order valence-corrected chi connectivity index (χ0v) is 17.9. The Bertz CT molecular complexity index is 1060. The SMILES string of the molecule is CCCCN1c2cccnc2-n2cccc2[C@@]12CCN(C(=O)COc1ccccc1)C2. The van der Waals surface area contributed by atoms with Gasteiger partial charge in [-0.1, -0.05) is 31.5 Å². The van der Waals surface area contributed by atoms with Crippen LogP contribution in [0, 0.1) is 0 Å². The molecule has 2 aromatic heterocycles. The van der Waals surface area contributed by atoms with Crippen molar-refractivity contribution in [3.05, 3.63) is 72.7 Å². The van der Waals surface area contributed by atoms with Gasteiger partial charge in [0, 0.05) is 32.0 Å². The molecule has 1 aromatic carbocycles. The number of hydrogen-bond donors (Lipinski definition) is 0. The van der Waals surface area contributed by atoms with Crippen LogP contribution >= 0.6 is 0 Å². The van der Waals surface area contributed by atoms with Gasteiger partial charge in [0.05, 0.1) is 11.4 Å². The highest BCUT2D eigenvalue weighted by Gasteiger charge is 2.50. The van der Waals surface area contributed by atoms with Crippen LogP contribution in [0.3, 0.4) is 0 Å². The number of rotatable bonds is 6. The second kappa shape index (κ2) is 8.10. The smallest absolute Gasteiger partial charge is 0.260 e. The summed E-state index contributed by atoms with van der Waals surface area (Å²) in [6.45, 7) is 4.61. The molecule has 5 rings (SSSR count). The molecule has 31 heavy (non-hydrogen) atoms. The third kappa shape index (κ3) is 3.36. The first-order chi connectivity index (χ1) is 15.2. The van der Waals surface area contributed by atoms with Crippen LogP contribution in [0.5, 0.6) is 5.75 Å². The van der Waals surface area contributed by atoms with Crippen molar-refractivity contribution in [3.8, 4) is 11.6 Å². The van der Waals surface area contributed by atoms with E-state index in [0.717, 1.165) is 49.6 Å². The Balaban J connectivity index is 1.43. The van der Waals surface area contributed by atoms with E-state index in [1.165, 1.54) is 5.69 Å². The van der Waals surface area contributed by atoms with E-state index < -0.39 is 0 Å². The number of hydrogen-bond acceptors (Lipinski definition) is 4. The molecule has 6 nitrogen and oxygen atoms in total. The Hall–Kier alpha value is -3.28. The van der Waals surface area contributed by atoms with E-state index in [0.29, 0.717) is 6.54 Å². The lowest BCUT2D eigenvalue weighted by Crippen LogP contribution is -2.53. The molecule has 0 aliphatic carbocycles. The second-order valence-electron chi connectivity index (χ2n) is 8.31. The predicted octanol–water partition coefficient (Wildman–Crippen LogP) is 4.00. The Morgan fingerprint density at radius 3 is 2.84 bits per heavy atom. The fourth-order valence-electron chi connectivity index (χ4n) is 4.94. The molecule has 0 bridgehead atoms. The molecule has 1 spiro atoms. The van der Waals surface area contributed by atoms with E-state index in [1.54, 1.807) is 0 Å². The highest BCUT2D eigenvalue weighted by atomic mass is 16.5. The lowest BCUT2D eigenvalue weighted by atomic mass is 9.88. The molecule has 0 N–H and O–H groups in total. The van der Waals surface area contributed by atoms with Crippen molar-refractivity contribution in [2.75, 3.05) is 31.1 Å². The first kappa shape index (κ1) is 19.7. The van der Waals surface area contributed by atoms with E-state index in [9.17, 15) is 4.79 Å². The quantitative estimate of drug-likeness (QED) is 0.610. The normalized spacial score (nSPS) is 19.4. The van der Waals surface area contributed by atoms with Gasteiger partial charge in [-0.25, -0.2) is 4.98 Å². The molecule has 1 atom stereocenters. The van der Waals surface area contributed by atoms with Gasteiger partial charge in [-0.05, 0) is 49.2 Å². The van der Waals surface area contributed by atoms with Crippen LogP contribution in [0.4, 0.5) is 5.69 Å². The van der Waals surface area contributed by atoms with Crippen molar-refractivity contribution in [1.29, 1.82) is 0 Å². The number of unbranched alkanes of at least 4 members (excludes halogenated alkanes) is 1. The fourth-order valence-corrected chi connectivity index (χ4v) is 4.94. The number of carbonyl (C=O) groups excluding carboxylic acids is 1. The molecule has 160 valence electrons. The van der Waals surface area contributed by atoms with Gasteiger partial charge >= 0.3 is 0 Å². The van der Waals surface area contributed by atoms with Crippen molar-refractivity contribution in [2.45, 2.75) is 31.7 Å². The number of anilines is 1. The summed E-state index contributed by atoms with van der Waals surface area (Å²) in [5.74, 6) is 1.73. The standard InChI is InChI=1S/C25H28N4O2/c1-2-3-16-29-21-11-7-14-26-24(21)28-15-8-12-22(28)25(29)13-17-27(19-25)23(30)18-31-20-9-5-4-6-10-20/h4-12,14-15H,2-3,13,16-19H2,1H3/t25-/m0/s1. The van der Waals surface area contributed by atoms with Crippen LogP contribution < -0.4 is 9.64 Å². The van der Waals surface area contributed by atoms with Crippen LogP contribution in [0.15, 0.2) is 67.0 Å². The Kier molecular flexibility index (Phi) is 5.14. The molecule has 0 saturated carbocycles. The number of para-hydroxylation sites is 1. The number of nitrogens with zero attached hydrogens (tertiary/aromatic N) is 4. The maximum atomic E-state index is 13.0. The lowest BCUT2D eigenvalue weighted by molar-refractivity contribution is -0.132. The Labute approximate surface area is 183 Å². The molecule has 0 unspecified atom stereocenters. The average molecular weight is 417 g/mol. The molecule has 1 saturated heterocycles. The highest BCUT2D eigenvalue weighted by molar-refractivity contribution is 5.79. The molecule has 6 heteroatoms. The van der Waals surface area contributed by atoms with E-state index in [1.807, 2.05) is 47.5 Å². The van der Waals surface area contributed by atoms with Gasteiger partial charge in [-0.2, -0.15) is 0 Å². The number of amides is 1. The van der Waals surface area contributed by atoms with E-state index in [4.69, 9.17) is 4.74 Å². The molecule has 1 fully saturated rings. The third-order valence-electron chi connectivity index (χ3n) is 6.47. The molecular formula is C25H28N4O2. The van der Waals surface area contributed by atoms with Gasteiger partial charge < -0.3 is 19.1 Å². The summed E-state index contributed by atoms with van der Waals surface area (Å²) in [7, 11) is 0. The first-order valence-corrected chi connectivity index (χ1v) is 11.1. The summed E-state index contributed by atoms with van der Waals surface area (Å²) >= 11 is 0. The van der Waals surface area contributed by atoms with Gasteiger partial charge in [0.2, 0.25) is 0 Å². The molecule has 3 aromatic rings. The minimum Gasteiger partial charge on any atom is -0.484 e. The molecular weight excluding hydrogens is 388 g/mol. The summed E-state index contributed by atoms with van der Waals surface area (Å²) in [5, 5.41) is 0. The number of carbonyl (C=O) groups is 1. The number of pyridine rings is 1. The summed E-state index contributed by atoms with van der Waals surface area (Å²) in [4.78, 5) is 22.2. The van der Waals surface area contributed by atoms with Crippen LogP contribution in [-0.2, 0) is 10.3 Å². The highest BCUT2D eigenvalue weighted by Crippen LogP contribution is 2.47. The fraction of sp³-hybridized carbons (Fsp3) is 0.360. The number of ether oxygens (including phenoxy) is 1. The van der Waals surface area contributed by atoms with Gasteiger partial charge in [0.1, 0.15) is 11.3 Å². The Morgan fingerprint density at radius 1 is 1.13 bits per heavy atom. The first-order valence-electron chi connectivity index (χ1n) is 11.1. The summed E-state index contributed by atoms with van der Waals surface area (Å²) in [6.07, 6.45) is 7.05. The average Bonchev–Trinajstić information content (AvgIpc) is 3.47. The number of likely N-dealkylation sites (tertiary alicyclic amines) is 1. The largest absolute Gasteiger partial charge is 0.484 e. The van der Waals surface area contributed by atoms with Crippen LogP contribution in [0.25, 0.3) is 5.82 Å². The van der Waals surface area contributed by atoms with Gasteiger partial charge in [0.25, 0.3) is 5.91 Å². The zero-order valence-electron chi connectivity index (χ0n) is 17.9. The van der Waals surface area contributed by atoms with Crippen LogP contribution in [-0.4, -0.2) is 46.6 Å². The zero-order chi connectivity index (χ0) is 21.3. The lowest BCUT2D eigenvalue weighted by Gasteiger charge is -2.47. The predicted molar refractivity (Wildman–Crippen MR) is 121 cm³/mol. The van der Waals surface area contributed by atoms with Crippen LogP contribution in [0.2, 0.25) is 0 Å². The summed E-state index contributed by atoms with van der Waals surface area (Å²) in [6, 6.07) is 18.0. The monoisotopic (exact) mass is 416 g/mol. The summed E-state index contributed by atoms with van der Waals surface area (Å²) < 4.78 is 7.94. The van der Waals surface area contributed by atoms with Crippen molar-refractivity contribution in [3.63, 3.8) is 0 Å². The van der Waals surface area contributed by atoms with Crippen molar-refractivity contribution in [2.24, 2.45) is 0 Å². The third-order valence-corrected chi connectivity index (χ3v) is 6.47. The molecule has 1 amide bonds. The second-order valence-corrected chi connectivity index (χ2v) is 8.31.